The van der Waals surface area contributed by atoms with E-state index in [4.69, 9.17) is 0 Å². The van der Waals surface area contributed by atoms with E-state index in [1.807, 2.05) is 91.1 Å². The van der Waals surface area contributed by atoms with Crippen LogP contribution in [0, 0.1) is 13.8 Å². The molecule has 1 aromatic heterocycles. The van der Waals surface area contributed by atoms with Gasteiger partial charge in [-0.1, -0.05) is 48.5 Å². The number of carbonyl (C=O) groups excluding carboxylic acids is 1. The van der Waals surface area contributed by atoms with Gasteiger partial charge >= 0.3 is 0 Å². The van der Waals surface area contributed by atoms with Crippen LogP contribution >= 0.6 is 0 Å². The molecule has 4 heteroatoms. The first-order valence-electron chi connectivity index (χ1n) is 8.44. The molecular formula is C21H23N3O. The van der Waals surface area contributed by atoms with Crippen molar-refractivity contribution in [1.82, 2.24) is 9.78 Å². The van der Waals surface area contributed by atoms with Crippen molar-refractivity contribution in [2.45, 2.75) is 26.8 Å². The molecule has 0 aliphatic rings. The second-order valence-electron chi connectivity index (χ2n) is 6.25. The van der Waals surface area contributed by atoms with Crippen LogP contribution in [0.1, 0.15) is 22.5 Å². The molecule has 1 heterocycles. The minimum absolute atomic E-state index is 0.0780. The Morgan fingerprint density at radius 1 is 1.00 bits per heavy atom. The summed E-state index contributed by atoms with van der Waals surface area (Å²) in [7, 11) is 1.91. The van der Waals surface area contributed by atoms with Crippen LogP contribution in [-0.2, 0) is 24.8 Å². The van der Waals surface area contributed by atoms with Crippen molar-refractivity contribution in [1.29, 1.82) is 0 Å². The van der Waals surface area contributed by atoms with E-state index in [-0.39, 0.29) is 5.91 Å². The van der Waals surface area contributed by atoms with Crippen LogP contribution in [0.25, 0.3) is 0 Å². The van der Waals surface area contributed by atoms with Gasteiger partial charge in [-0.15, -0.1) is 0 Å². The van der Waals surface area contributed by atoms with Gasteiger partial charge in [0.2, 0.25) is 5.91 Å². The molecular weight excluding hydrogens is 310 g/mol. The Labute approximate surface area is 148 Å². The molecule has 4 nitrogen and oxygen atoms in total. The number of benzene rings is 2. The van der Waals surface area contributed by atoms with Crippen LogP contribution in [-0.4, -0.2) is 15.7 Å². The van der Waals surface area contributed by atoms with Crippen molar-refractivity contribution in [3.05, 3.63) is 83.2 Å². The van der Waals surface area contributed by atoms with Crippen molar-refractivity contribution >= 4 is 11.6 Å². The minimum atomic E-state index is 0.0780. The lowest BCUT2D eigenvalue weighted by Crippen LogP contribution is -2.32. The number of aromatic nitrogens is 2. The molecule has 1 amide bonds. The topological polar surface area (TPSA) is 38.1 Å². The van der Waals surface area contributed by atoms with Gasteiger partial charge in [0, 0.05) is 24.0 Å². The van der Waals surface area contributed by atoms with Gasteiger partial charge in [0.15, 0.2) is 0 Å². The van der Waals surface area contributed by atoms with Crippen LogP contribution in [0.4, 0.5) is 5.69 Å². The third-order valence-electron chi connectivity index (χ3n) is 4.54. The van der Waals surface area contributed by atoms with E-state index in [0.717, 1.165) is 28.2 Å². The van der Waals surface area contributed by atoms with E-state index in [9.17, 15) is 4.79 Å². The summed E-state index contributed by atoms with van der Waals surface area (Å²) in [6, 6.07) is 19.9. The Balaban J connectivity index is 1.89. The molecule has 0 bridgehead atoms. The summed E-state index contributed by atoms with van der Waals surface area (Å²) in [5.74, 6) is 0.0780. The number of rotatable bonds is 5. The first-order chi connectivity index (χ1) is 12.1. The summed E-state index contributed by atoms with van der Waals surface area (Å²) in [5.41, 5.74) is 5.00. The van der Waals surface area contributed by atoms with E-state index in [1.165, 1.54) is 0 Å². The summed E-state index contributed by atoms with van der Waals surface area (Å²) < 4.78 is 1.84. The van der Waals surface area contributed by atoms with Crippen LogP contribution in [0.2, 0.25) is 0 Å². The van der Waals surface area contributed by atoms with Crippen molar-refractivity contribution in [3.63, 3.8) is 0 Å². The highest BCUT2D eigenvalue weighted by Gasteiger charge is 2.20. The Bertz CT molecular complexity index is 854. The average Bonchev–Trinajstić information content (AvgIpc) is 2.87. The van der Waals surface area contributed by atoms with Crippen LogP contribution in [0.15, 0.2) is 60.7 Å². The van der Waals surface area contributed by atoms with Crippen molar-refractivity contribution in [2.75, 3.05) is 4.90 Å². The van der Waals surface area contributed by atoms with E-state index < -0.39 is 0 Å². The van der Waals surface area contributed by atoms with Gasteiger partial charge < -0.3 is 4.90 Å². The molecule has 0 unspecified atom stereocenters. The Morgan fingerprint density at radius 2 is 1.60 bits per heavy atom. The van der Waals surface area contributed by atoms with Crippen molar-refractivity contribution < 1.29 is 4.79 Å². The molecule has 128 valence electrons. The third kappa shape index (κ3) is 3.79. The third-order valence-corrected chi connectivity index (χ3v) is 4.54. The normalized spacial score (nSPS) is 10.7. The second kappa shape index (κ2) is 7.34. The standard InChI is InChI=1S/C21H23N3O/c1-16-20(17(2)23(3)22-16)14-21(25)24(19-12-8-5-9-13-19)15-18-10-6-4-7-11-18/h4-13H,14-15H2,1-3H3. The Hall–Kier alpha value is -2.88. The number of carbonyl (C=O) groups is 1. The quantitative estimate of drug-likeness (QED) is 0.712. The van der Waals surface area contributed by atoms with Crippen molar-refractivity contribution in [3.8, 4) is 0 Å². The van der Waals surface area contributed by atoms with Gasteiger partial charge in [0.05, 0.1) is 18.7 Å². The van der Waals surface area contributed by atoms with Crippen LogP contribution in [0.3, 0.4) is 0 Å². The molecule has 0 radical (unpaired) electrons. The molecule has 0 spiro atoms. The van der Waals surface area contributed by atoms with Crippen LogP contribution < -0.4 is 4.90 Å². The summed E-state index contributed by atoms with van der Waals surface area (Å²) >= 11 is 0. The Morgan fingerprint density at radius 3 is 2.16 bits per heavy atom. The van der Waals surface area contributed by atoms with Gasteiger partial charge in [0.25, 0.3) is 0 Å². The Kier molecular flexibility index (Phi) is 4.98. The van der Waals surface area contributed by atoms with E-state index >= 15 is 0 Å². The maximum Gasteiger partial charge on any atom is 0.231 e. The number of amides is 1. The molecule has 0 atom stereocenters. The molecule has 3 rings (SSSR count). The maximum atomic E-state index is 13.1. The minimum Gasteiger partial charge on any atom is -0.308 e. The van der Waals surface area contributed by atoms with Gasteiger partial charge in [-0.25, -0.2) is 0 Å². The predicted octanol–water partition coefficient (Wildman–Crippen LogP) is 3.81. The highest BCUT2D eigenvalue weighted by molar-refractivity contribution is 5.94. The van der Waals surface area contributed by atoms with E-state index in [1.54, 1.807) is 0 Å². The first-order valence-corrected chi connectivity index (χ1v) is 8.44. The fraction of sp³-hybridized carbons (Fsp3) is 0.238. The molecule has 2 aromatic carbocycles. The fourth-order valence-corrected chi connectivity index (χ4v) is 3.02. The van der Waals surface area contributed by atoms with Gasteiger partial charge in [-0.05, 0) is 31.5 Å². The highest BCUT2D eigenvalue weighted by Crippen LogP contribution is 2.20. The lowest BCUT2D eigenvalue weighted by molar-refractivity contribution is -0.118. The number of para-hydroxylation sites is 1. The van der Waals surface area contributed by atoms with Gasteiger partial charge in [-0.3, -0.25) is 9.48 Å². The zero-order valence-electron chi connectivity index (χ0n) is 14.9. The lowest BCUT2D eigenvalue weighted by Gasteiger charge is -2.23. The zero-order chi connectivity index (χ0) is 17.8. The monoisotopic (exact) mass is 333 g/mol. The summed E-state index contributed by atoms with van der Waals surface area (Å²) in [6.45, 7) is 4.52. The SMILES string of the molecule is Cc1nn(C)c(C)c1CC(=O)N(Cc1ccccc1)c1ccccc1. The smallest absolute Gasteiger partial charge is 0.231 e. The predicted molar refractivity (Wildman–Crippen MR) is 100 cm³/mol. The largest absolute Gasteiger partial charge is 0.308 e. The van der Waals surface area contributed by atoms with Gasteiger partial charge in [-0.2, -0.15) is 5.10 Å². The molecule has 0 aliphatic heterocycles. The van der Waals surface area contributed by atoms with Gasteiger partial charge in [0.1, 0.15) is 0 Å². The van der Waals surface area contributed by atoms with E-state index in [2.05, 4.69) is 5.10 Å². The average molecular weight is 333 g/mol. The molecule has 0 saturated heterocycles. The number of hydrogen-bond donors (Lipinski definition) is 0. The molecule has 0 fully saturated rings. The number of hydrogen-bond acceptors (Lipinski definition) is 2. The summed E-state index contributed by atoms with van der Waals surface area (Å²) in [4.78, 5) is 15.0. The molecule has 3 aromatic rings. The fourth-order valence-electron chi connectivity index (χ4n) is 3.02. The van der Waals surface area contributed by atoms with Crippen LogP contribution in [0.5, 0.6) is 0 Å². The van der Waals surface area contributed by atoms with E-state index in [0.29, 0.717) is 13.0 Å². The lowest BCUT2D eigenvalue weighted by atomic mass is 10.1. The summed E-state index contributed by atoms with van der Waals surface area (Å²) in [6.07, 6.45) is 0.354. The number of aryl methyl sites for hydroxylation is 2. The molecule has 0 N–H and O–H groups in total. The maximum absolute atomic E-state index is 13.1. The number of anilines is 1. The van der Waals surface area contributed by atoms with Crippen molar-refractivity contribution in [2.24, 2.45) is 7.05 Å². The first kappa shape index (κ1) is 17.0. The highest BCUT2D eigenvalue weighted by atomic mass is 16.2. The molecule has 25 heavy (non-hydrogen) atoms. The summed E-state index contributed by atoms with van der Waals surface area (Å²) in [5, 5.41) is 4.43. The second-order valence-corrected chi connectivity index (χ2v) is 6.25. The molecule has 0 aliphatic carbocycles. The molecule has 0 saturated carbocycles. The number of nitrogens with zero attached hydrogens (tertiary/aromatic N) is 3. The zero-order valence-corrected chi connectivity index (χ0v) is 14.9.